The number of ketones is 1. The molecule has 0 bridgehead atoms. The van der Waals surface area contributed by atoms with Crippen LogP contribution in [0.2, 0.25) is 0 Å². The number of carbonyl (C=O) groups excluding carboxylic acids is 1. The lowest BCUT2D eigenvalue weighted by Gasteiger charge is -2.13. The van der Waals surface area contributed by atoms with Crippen molar-refractivity contribution >= 4 is 11.9 Å². The Morgan fingerprint density at radius 2 is 1.78 bits per heavy atom. The summed E-state index contributed by atoms with van der Waals surface area (Å²) in [4.78, 5) is 12.3. The number of rotatable bonds is 6. The molecule has 0 amide bonds. The molecule has 1 aromatic heterocycles. The highest BCUT2D eigenvalue weighted by Gasteiger charge is 2.14. The summed E-state index contributed by atoms with van der Waals surface area (Å²) in [6.07, 6.45) is 6.87. The molecule has 0 saturated heterocycles. The van der Waals surface area contributed by atoms with Crippen LogP contribution in [0.25, 0.3) is 6.08 Å². The number of aryl methyl sites for hydroxylation is 1. The van der Waals surface area contributed by atoms with E-state index in [0.717, 1.165) is 5.56 Å². The summed E-state index contributed by atoms with van der Waals surface area (Å²) < 4.78 is 17.8. The molecule has 5 heteroatoms. The van der Waals surface area contributed by atoms with E-state index in [1.54, 1.807) is 45.7 Å². The maximum Gasteiger partial charge on any atom is 0.203 e. The highest BCUT2D eigenvalue weighted by atomic mass is 16.5. The standard InChI is InChI=1S/C18H20NO4/c1-19-11-5-6-14(12-19)15(20)9-7-13-8-10-16(21-2)18(23-4)17(13)22-3/h5-12H,1-4H3/q+1. The molecule has 1 heterocycles. The van der Waals surface area contributed by atoms with E-state index in [1.165, 1.54) is 6.08 Å². The predicted octanol–water partition coefficient (Wildman–Crippen LogP) is 2.43. The highest BCUT2D eigenvalue weighted by Crippen LogP contribution is 2.40. The van der Waals surface area contributed by atoms with Crippen molar-refractivity contribution in [1.29, 1.82) is 0 Å². The average molecular weight is 314 g/mol. The first kappa shape index (κ1) is 16.5. The van der Waals surface area contributed by atoms with Gasteiger partial charge in [-0.3, -0.25) is 4.79 Å². The lowest BCUT2D eigenvalue weighted by molar-refractivity contribution is -0.671. The maximum atomic E-state index is 12.3. The second-order valence-electron chi connectivity index (χ2n) is 4.88. The first-order valence-electron chi connectivity index (χ1n) is 7.07. The Morgan fingerprint density at radius 1 is 1.04 bits per heavy atom. The Hall–Kier alpha value is -2.82. The third-order valence-corrected chi connectivity index (χ3v) is 3.37. The van der Waals surface area contributed by atoms with Gasteiger partial charge in [-0.1, -0.05) is 0 Å². The zero-order valence-electron chi connectivity index (χ0n) is 13.7. The van der Waals surface area contributed by atoms with Crippen molar-refractivity contribution < 1.29 is 23.6 Å². The number of pyridine rings is 1. The van der Waals surface area contributed by atoms with Gasteiger partial charge >= 0.3 is 0 Å². The van der Waals surface area contributed by atoms with Crippen LogP contribution >= 0.6 is 0 Å². The Morgan fingerprint density at radius 3 is 2.39 bits per heavy atom. The largest absolute Gasteiger partial charge is 0.493 e. The van der Waals surface area contributed by atoms with Gasteiger partial charge in [0.15, 0.2) is 29.7 Å². The molecule has 0 aliphatic rings. The van der Waals surface area contributed by atoms with Gasteiger partial charge in [0.2, 0.25) is 5.75 Å². The van der Waals surface area contributed by atoms with E-state index in [0.29, 0.717) is 22.8 Å². The number of nitrogens with zero attached hydrogens (tertiary/aromatic N) is 1. The molecule has 0 fully saturated rings. The van der Waals surface area contributed by atoms with Crippen LogP contribution in [0.3, 0.4) is 0 Å². The molecule has 2 aromatic rings. The van der Waals surface area contributed by atoms with Gasteiger partial charge < -0.3 is 14.2 Å². The smallest absolute Gasteiger partial charge is 0.203 e. The van der Waals surface area contributed by atoms with E-state index in [4.69, 9.17) is 14.2 Å². The van der Waals surface area contributed by atoms with E-state index in [2.05, 4.69) is 0 Å². The fourth-order valence-electron chi connectivity index (χ4n) is 2.25. The summed E-state index contributed by atoms with van der Waals surface area (Å²) in [5.74, 6) is 1.51. The molecule has 0 N–H and O–H groups in total. The van der Waals surface area contributed by atoms with E-state index in [1.807, 2.05) is 29.9 Å². The molecule has 0 unspecified atom stereocenters. The number of carbonyl (C=O) groups is 1. The number of allylic oxidation sites excluding steroid dienone is 1. The molecule has 1 aromatic carbocycles. The summed E-state index contributed by atoms with van der Waals surface area (Å²) in [6, 6.07) is 7.19. The Kier molecular flexibility index (Phi) is 5.36. The van der Waals surface area contributed by atoms with Crippen molar-refractivity contribution in [2.24, 2.45) is 7.05 Å². The van der Waals surface area contributed by atoms with Crippen LogP contribution in [0.15, 0.2) is 42.7 Å². The third kappa shape index (κ3) is 3.69. The van der Waals surface area contributed by atoms with Crippen LogP contribution in [0.5, 0.6) is 17.2 Å². The van der Waals surface area contributed by atoms with E-state index < -0.39 is 0 Å². The van der Waals surface area contributed by atoms with E-state index in [-0.39, 0.29) is 5.78 Å². The van der Waals surface area contributed by atoms with Crippen molar-refractivity contribution in [2.75, 3.05) is 21.3 Å². The van der Waals surface area contributed by atoms with Crippen LogP contribution in [0.4, 0.5) is 0 Å². The van der Waals surface area contributed by atoms with Gasteiger partial charge in [0.1, 0.15) is 7.05 Å². The first-order valence-corrected chi connectivity index (χ1v) is 7.07. The van der Waals surface area contributed by atoms with Crippen LogP contribution < -0.4 is 18.8 Å². The molecule has 23 heavy (non-hydrogen) atoms. The topological polar surface area (TPSA) is 48.6 Å². The molecule has 2 rings (SSSR count). The zero-order chi connectivity index (χ0) is 16.8. The highest BCUT2D eigenvalue weighted by molar-refractivity contribution is 6.06. The number of benzene rings is 1. The van der Waals surface area contributed by atoms with Gasteiger partial charge in [-0.05, 0) is 30.4 Å². The molecule has 0 aliphatic heterocycles. The minimum atomic E-state index is -0.0852. The second kappa shape index (κ2) is 7.45. The van der Waals surface area contributed by atoms with Crippen molar-refractivity contribution in [3.63, 3.8) is 0 Å². The number of hydrogen-bond donors (Lipinski definition) is 0. The monoisotopic (exact) mass is 314 g/mol. The van der Waals surface area contributed by atoms with Crippen molar-refractivity contribution in [2.45, 2.75) is 0 Å². The van der Waals surface area contributed by atoms with Crippen LogP contribution in [-0.4, -0.2) is 27.1 Å². The first-order chi connectivity index (χ1) is 11.1. The van der Waals surface area contributed by atoms with Gasteiger partial charge in [0.25, 0.3) is 0 Å². The normalized spacial score (nSPS) is 10.6. The van der Waals surface area contributed by atoms with Gasteiger partial charge in [0.05, 0.1) is 26.9 Å². The van der Waals surface area contributed by atoms with Gasteiger partial charge in [0, 0.05) is 11.6 Å². The molecule has 0 saturated carbocycles. The molecule has 0 radical (unpaired) electrons. The number of ether oxygens (including phenoxy) is 3. The SMILES string of the molecule is COc1ccc(C=CC(=O)c2ccc[n+](C)c2)c(OC)c1OC. The summed E-state index contributed by atoms with van der Waals surface area (Å²) in [7, 11) is 6.53. The maximum absolute atomic E-state index is 12.3. The van der Waals surface area contributed by atoms with Crippen LogP contribution in [-0.2, 0) is 7.05 Å². The Balaban J connectivity index is 2.34. The molecule has 0 atom stereocenters. The van der Waals surface area contributed by atoms with Crippen molar-refractivity contribution in [1.82, 2.24) is 0 Å². The van der Waals surface area contributed by atoms with Gasteiger partial charge in [-0.2, -0.15) is 0 Å². The molecule has 120 valence electrons. The summed E-state index contributed by atoms with van der Waals surface area (Å²) in [5, 5.41) is 0. The van der Waals surface area contributed by atoms with Crippen LogP contribution in [0.1, 0.15) is 15.9 Å². The van der Waals surface area contributed by atoms with Crippen LogP contribution in [0, 0.1) is 0 Å². The number of methoxy groups -OCH3 is 3. The number of hydrogen-bond acceptors (Lipinski definition) is 4. The Bertz CT molecular complexity index is 738. The van der Waals surface area contributed by atoms with Crippen molar-refractivity contribution in [3.05, 3.63) is 53.9 Å². The molecule has 0 spiro atoms. The zero-order valence-corrected chi connectivity index (χ0v) is 13.7. The lowest BCUT2D eigenvalue weighted by Crippen LogP contribution is -2.27. The molecular weight excluding hydrogens is 294 g/mol. The van der Waals surface area contributed by atoms with E-state index >= 15 is 0 Å². The second-order valence-corrected chi connectivity index (χ2v) is 4.88. The minimum Gasteiger partial charge on any atom is -0.493 e. The Labute approximate surface area is 135 Å². The molecule has 5 nitrogen and oxygen atoms in total. The molecule has 0 aliphatic carbocycles. The van der Waals surface area contributed by atoms with Crippen molar-refractivity contribution in [3.8, 4) is 17.2 Å². The molecular formula is C18H20NO4+. The van der Waals surface area contributed by atoms with E-state index in [9.17, 15) is 4.79 Å². The quantitative estimate of drug-likeness (QED) is 0.467. The minimum absolute atomic E-state index is 0.0852. The third-order valence-electron chi connectivity index (χ3n) is 3.37. The van der Waals surface area contributed by atoms with Gasteiger partial charge in [-0.15, -0.1) is 0 Å². The summed E-state index contributed by atoms with van der Waals surface area (Å²) in [6.45, 7) is 0. The lowest BCUT2D eigenvalue weighted by atomic mass is 10.1. The van der Waals surface area contributed by atoms with Gasteiger partial charge in [-0.25, -0.2) is 4.57 Å². The summed E-state index contributed by atoms with van der Waals surface area (Å²) >= 11 is 0. The fraction of sp³-hybridized carbons (Fsp3) is 0.222. The predicted molar refractivity (Wildman–Crippen MR) is 87.1 cm³/mol. The summed E-state index contributed by atoms with van der Waals surface area (Å²) in [5.41, 5.74) is 1.35. The number of aromatic nitrogens is 1. The fourth-order valence-corrected chi connectivity index (χ4v) is 2.25. The average Bonchev–Trinajstić information content (AvgIpc) is 2.58.